The molecule has 0 bridgehead atoms. The van der Waals surface area contributed by atoms with E-state index >= 15 is 0 Å². The number of hydrogen-bond donors (Lipinski definition) is 2. The summed E-state index contributed by atoms with van der Waals surface area (Å²) in [5, 5.41) is 6.21. The SMILES string of the molecule is CC(C)(C(=O)NCCn1ccc2ncnc(Nc3ccc(Oc4cccc(F)c4)c(Cl)c3)c21)S(C)(=O)=O. The molecule has 4 rings (SSSR count). The monoisotopic (exact) mass is 545 g/mol. The van der Waals surface area contributed by atoms with Crippen molar-refractivity contribution in [3.8, 4) is 11.5 Å². The smallest absolute Gasteiger partial charge is 0.240 e. The van der Waals surface area contributed by atoms with E-state index in [9.17, 15) is 17.6 Å². The molecule has 4 aromatic rings. The zero-order valence-electron chi connectivity index (χ0n) is 20.3. The van der Waals surface area contributed by atoms with Crippen molar-refractivity contribution < 1.29 is 22.3 Å². The minimum absolute atomic E-state index is 0.202. The lowest BCUT2D eigenvalue weighted by atomic mass is 10.2. The van der Waals surface area contributed by atoms with Crippen LogP contribution in [0.4, 0.5) is 15.9 Å². The Kier molecular flexibility index (Phi) is 7.37. The van der Waals surface area contributed by atoms with Crippen LogP contribution < -0.4 is 15.4 Å². The van der Waals surface area contributed by atoms with Gasteiger partial charge in [0.05, 0.1) is 10.5 Å². The highest BCUT2D eigenvalue weighted by Gasteiger charge is 2.38. The Bertz CT molecular complexity index is 1570. The number of carbonyl (C=O) groups is 1. The van der Waals surface area contributed by atoms with Gasteiger partial charge in [-0.2, -0.15) is 0 Å². The summed E-state index contributed by atoms with van der Waals surface area (Å²) in [7, 11) is -3.57. The number of amides is 1. The van der Waals surface area contributed by atoms with Crippen molar-refractivity contribution in [2.45, 2.75) is 25.1 Å². The van der Waals surface area contributed by atoms with Gasteiger partial charge >= 0.3 is 0 Å². The number of nitrogens with zero attached hydrogens (tertiary/aromatic N) is 3. The van der Waals surface area contributed by atoms with Gasteiger partial charge in [-0.1, -0.05) is 17.7 Å². The first-order chi connectivity index (χ1) is 17.5. The molecule has 0 saturated heterocycles. The summed E-state index contributed by atoms with van der Waals surface area (Å²) in [5.41, 5.74) is 2.00. The van der Waals surface area contributed by atoms with E-state index < -0.39 is 26.3 Å². The number of aromatic nitrogens is 3. The maximum Gasteiger partial charge on any atom is 0.240 e. The average Bonchev–Trinajstić information content (AvgIpc) is 3.24. The lowest BCUT2D eigenvalue weighted by molar-refractivity contribution is -0.122. The zero-order valence-corrected chi connectivity index (χ0v) is 21.9. The van der Waals surface area contributed by atoms with Crippen molar-refractivity contribution in [2.75, 3.05) is 18.1 Å². The molecule has 9 nitrogen and oxygen atoms in total. The van der Waals surface area contributed by atoms with Crippen LogP contribution >= 0.6 is 11.6 Å². The molecule has 2 heterocycles. The first kappa shape index (κ1) is 26.4. The van der Waals surface area contributed by atoms with Gasteiger partial charge < -0.3 is 19.9 Å². The summed E-state index contributed by atoms with van der Waals surface area (Å²) >= 11 is 6.40. The molecule has 0 fully saturated rings. The molecule has 2 aromatic carbocycles. The third-order valence-electron chi connectivity index (χ3n) is 5.88. The fraction of sp³-hybridized carbons (Fsp3) is 0.240. The molecule has 194 valence electrons. The summed E-state index contributed by atoms with van der Waals surface area (Å²) < 4.78 is 43.3. The molecular formula is C25H25ClFN5O4S. The third-order valence-corrected chi connectivity index (χ3v) is 8.22. The molecule has 12 heteroatoms. The van der Waals surface area contributed by atoms with E-state index in [1.165, 1.54) is 32.3 Å². The van der Waals surface area contributed by atoms with Crippen molar-refractivity contribution in [3.05, 3.63) is 71.9 Å². The first-order valence-corrected chi connectivity index (χ1v) is 13.5. The number of nitrogens with one attached hydrogen (secondary N) is 2. The van der Waals surface area contributed by atoms with E-state index in [-0.39, 0.29) is 6.54 Å². The van der Waals surface area contributed by atoms with Gasteiger partial charge in [-0.15, -0.1) is 0 Å². The normalized spacial score (nSPS) is 11.9. The minimum Gasteiger partial charge on any atom is -0.456 e. The van der Waals surface area contributed by atoms with Crippen LogP contribution in [-0.4, -0.2) is 46.4 Å². The Morgan fingerprint density at radius 1 is 1.16 bits per heavy atom. The molecule has 2 aromatic heterocycles. The van der Waals surface area contributed by atoms with Gasteiger partial charge in [0.1, 0.15) is 33.9 Å². The van der Waals surface area contributed by atoms with Gasteiger partial charge in [0.2, 0.25) is 5.91 Å². The Morgan fingerprint density at radius 3 is 2.65 bits per heavy atom. The predicted molar refractivity (Wildman–Crippen MR) is 141 cm³/mol. The van der Waals surface area contributed by atoms with Crippen molar-refractivity contribution in [3.63, 3.8) is 0 Å². The van der Waals surface area contributed by atoms with Crippen LogP contribution in [0.1, 0.15) is 13.8 Å². The van der Waals surface area contributed by atoms with Crippen LogP contribution in [0.25, 0.3) is 11.0 Å². The second kappa shape index (κ2) is 10.3. The van der Waals surface area contributed by atoms with Gasteiger partial charge in [0.15, 0.2) is 15.7 Å². The molecule has 0 aliphatic rings. The Labute approximate surface area is 218 Å². The Balaban J connectivity index is 1.50. The molecule has 2 N–H and O–H groups in total. The van der Waals surface area contributed by atoms with Crippen LogP contribution in [0.3, 0.4) is 0 Å². The summed E-state index contributed by atoms with van der Waals surface area (Å²) in [6.07, 6.45) is 4.27. The summed E-state index contributed by atoms with van der Waals surface area (Å²) in [4.78, 5) is 21.1. The van der Waals surface area contributed by atoms with Gasteiger partial charge in [0, 0.05) is 37.3 Å². The summed E-state index contributed by atoms with van der Waals surface area (Å²) in [6.45, 7) is 3.31. The number of anilines is 2. The highest BCUT2D eigenvalue weighted by Crippen LogP contribution is 2.33. The van der Waals surface area contributed by atoms with Crippen molar-refractivity contribution >= 4 is 49.9 Å². The molecule has 0 atom stereocenters. The van der Waals surface area contributed by atoms with Crippen LogP contribution in [0, 0.1) is 5.82 Å². The number of hydrogen-bond acceptors (Lipinski definition) is 7. The minimum atomic E-state index is -3.57. The molecular weight excluding hydrogens is 521 g/mol. The highest BCUT2D eigenvalue weighted by molar-refractivity contribution is 7.92. The number of carbonyl (C=O) groups excluding carboxylic acids is 1. The fourth-order valence-corrected chi connectivity index (χ4v) is 4.07. The fourth-order valence-electron chi connectivity index (χ4n) is 3.44. The largest absolute Gasteiger partial charge is 0.456 e. The zero-order chi connectivity index (χ0) is 26.8. The summed E-state index contributed by atoms with van der Waals surface area (Å²) in [6, 6.07) is 12.6. The second-order valence-electron chi connectivity index (χ2n) is 8.83. The molecule has 0 radical (unpaired) electrons. The number of rotatable bonds is 9. The van der Waals surface area contributed by atoms with Crippen LogP contribution in [0.5, 0.6) is 11.5 Å². The van der Waals surface area contributed by atoms with Crippen molar-refractivity contribution in [1.29, 1.82) is 0 Å². The molecule has 0 aliphatic carbocycles. The quantitative estimate of drug-likeness (QED) is 0.313. The van der Waals surface area contributed by atoms with Gasteiger partial charge in [-0.05, 0) is 50.2 Å². The first-order valence-electron chi connectivity index (χ1n) is 11.2. The molecule has 0 unspecified atom stereocenters. The molecule has 37 heavy (non-hydrogen) atoms. The van der Waals surface area contributed by atoms with Crippen molar-refractivity contribution in [2.24, 2.45) is 0 Å². The topological polar surface area (TPSA) is 115 Å². The number of benzene rings is 2. The number of halogens is 2. The van der Waals surface area contributed by atoms with E-state index in [1.54, 1.807) is 36.5 Å². The standard InChI is InChI=1S/C25H25ClFN5O4S/c1-25(2,37(3,34)35)24(33)28-10-12-32-11-9-20-22(32)23(30-15-29-20)31-17-7-8-21(19(26)14-17)36-18-6-4-5-16(27)13-18/h4-9,11,13-15H,10,12H2,1-3H3,(H,28,33)(H,29,30,31). The lowest BCUT2D eigenvalue weighted by Gasteiger charge is -2.21. The van der Waals surface area contributed by atoms with Crippen molar-refractivity contribution in [1.82, 2.24) is 19.9 Å². The predicted octanol–water partition coefficient (Wildman–Crippen LogP) is 4.70. The van der Waals surface area contributed by atoms with Crippen LogP contribution in [0.2, 0.25) is 5.02 Å². The summed E-state index contributed by atoms with van der Waals surface area (Å²) in [5.74, 6) is 0.206. The number of fused-ring (bicyclic) bond motifs is 1. The number of sulfone groups is 1. The Hall–Kier alpha value is -3.70. The van der Waals surface area contributed by atoms with Crippen LogP contribution in [-0.2, 0) is 21.2 Å². The van der Waals surface area contributed by atoms with E-state index in [4.69, 9.17) is 16.3 Å². The Morgan fingerprint density at radius 2 is 1.95 bits per heavy atom. The molecule has 0 aliphatic heterocycles. The number of ether oxygens (including phenoxy) is 1. The van der Waals surface area contributed by atoms with Gasteiger partial charge in [0.25, 0.3) is 0 Å². The highest BCUT2D eigenvalue weighted by atomic mass is 35.5. The second-order valence-corrected chi connectivity index (χ2v) is 11.8. The van der Waals surface area contributed by atoms with E-state index in [2.05, 4.69) is 20.6 Å². The van der Waals surface area contributed by atoms with Gasteiger partial charge in [-0.3, -0.25) is 4.79 Å². The lowest BCUT2D eigenvalue weighted by Crippen LogP contribution is -2.48. The van der Waals surface area contributed by atoms with E-state index in [0.29, 0.717) is 45.6 Å². The van der Waals surface area contributed by atoms with Gasteiger partial charge in [-0.25, -0.2) is 22.8 Å². The average molecular weight is 546 g/mol. The van der Waals surface area contributed by atoms with E-state index in [0.717, 1.165) is 6.26 Å². The maximum atomic E-state index is 13.4. The van der Waals surface area contributed by atoms with Crippen LogP contribution in [0.15, 0.2) is 61.1 Å². The molecule has 0 saturated carbocycles. The molecule has 0 spiro atoms. The third kappa shape index (κ3) is 5.83. The molecule has 1 amide bonds. The maximum absolute atomic E-state index is 13.4. The van der Waals surface area contributed by atoms with E-state index in [1.807, 2.05) is 10.6 Å².